The van der Waals surface area contributed by atoms with Gasteiger partial charge in [0, 0.05) is 38.3 Å². The van der Waals surface area contributed by atoms with E-state index in [1.54, 1.807) is 6.07 Å². The largest absolute Gasteiger partial charge is 0.421 e. The zero-order valence-electron chi connectivity index (χ0n) is 13.8. The normalized spacial score (nSPS) is 16.8. The number of aryl methyl sites for hydroxylation is 1. The van der Waals surface area contributed by atoms with Crippen molar-refractivity contribution in [1.29, 1.82) is 0 Å². The monoisotopic (exact) mass is 401 g/mol. The summed E-state index contributed by atoms with van der Waals surface area (Å²) in [4.78, 5) is 27.4. The van der Waals surface area contributed by atoms with Crippen LogP contribution in [0.15, 0.2) is 39.2 Å². The van der Waals surface area contributed by atoms with Crippen LogP contribution < -0.4 is 0 Å². The van der Waals surface area contributed by atoms with E-state index < -0.39 is 0 Å². The third-order valence-electron chi connectivity index (χ3n) is 4.90. The molecule has 0 saturated carbocycles. The van der Waals surface area contributed by atoms with Gasteiger partial charge >= 0.3 is 5.88 Å². The van der Waals surface area contributed by atoms with Crippen molar-refractivity contribution in [2.75, 3.05) is 7.05 Å². The highest BCUT2D eigenvalue weighted by Gasteiger charge is 2.28. The summed E-state index contributed by atoms with van der Waals surface area (Å²) in [6, 6.07) is 9.34. The molecule has 0 bridgehead atoms. The number of hydrogen-bond acceptors (Lipinski definition) is 3. The van der Waals surface area contributed by atoms with Crippen molar-refractivity contribution in [1.82, 2.24) is 4.98 Å². The molecular weight excluding hydrogens is 384 g/mol. The summed E-state index contributed by atoms with van der Waals surface area (Å²) >= 11 is 3.54. The fourth-order valence-electron chi connectivity index (χ4n) is 3.70. The first-order chi connectivity index (χ1) is 12.0. The maximum atomic E-state index is 12.6. The van der Waals surface area contributed by atoms with Crippen molar-refractivity contribution in [2.24, 2.45) is 0 Å². The Bertz CT molecular complexity index is 986. The molecule has 0 fully saturated rings. The lowest BCUT2D eigenvalue weighted by Crippen LogP contribution is -2.13. The summed E-state index contributed by atoms with van der Waals surface area (Å²) in [6.45, 7) is 0. The van der Waals surface area contributed by atoms with Gasteiger partial charge in [0.05, 0.1) is 10.8 Å². The van der Waals surface area contributed by atoms with Gasteiger partial charge < -0.3 is 9.40 Å². The number of benzene rings is 1. The van der Waals surface area contributed by atoms with Crippen molar-refractivity contribution < 1.29 is 14.0 Å². The Balaban J connectivity index is 1.63. The van der Waals surface area contributed by atoms with E-state index in [1.165, 1.54) is 29.8 Å². The maximum Gasteiger partial charge on any atom is 0.421 e. The second-order valence-corrected chi connectivity index (χ2v) is 7.47. The second kappa shape index (κ2) is 6.26. The molecule has 1 unspecified atom stereocenters. The van der Waals surface area contributed by atoms with Crippen molar-refractivity contribution in [2.45, 2.75) is 31.6 Å². The molecule has 4 rings (SSSR count). The highest BCUT2D eigenvalue weighted by atomic mass is 79.9. The average Bonchev–Trinajstić information content (AvgIpc) is 3.20. The van der Waals surface area contributed by atoms with Gasteiger partial charge in [-0.25, -0.2) is 0 Å². The van der Waals surface area contributed by atoms with E-state index >= 15 is 0 Å². The van der Waals surface area contributed by atoms with Gasteiger partial charge in [-0.2, -0.15) is 0 Å². The van der Waals surface area contributed by atoms with Crippen LogP contribution in [0.4, 0.5) is 5.88 Å². The van der Waals surface area contributed by atoms with Gasteiger partial charge in [0.15, 0.2) is 18.6 Å². The molecule has 2 heterocycles. The topological polar surface area (TPSA) is 66.1 Å². The number of nitrogens with zero attached hydrogens (tertiary/aromatic N) is 1. The molecule has 0 spiro atoms. The van der Waals surface area contributed by atoms with Gasteiger partial charge in [-0.3, -0.25) is 4.79 Å². The minimum Gasteiger partial charge on any atom is -0.398 e. The summed E-state index contributed by atoms with van der Waals surface area (Å²) in [5.74, 6) is 0.499. The summed E-state index contributed by atoms with van der Waals surface area (Å²) < 4.78 is 7.03. The standard InChI is InChI=1S/C19H18BrN2O3/c1-22(24)18-8-7-17(25-18)16(23)9-11-3-2-4-13-14-10-12(20)5-6-15(14)21-19(11)13/h5-8,10-11,21H,2-4,9H2,1H3/q+1. The number of nitroso groups, excluding NO2 is 1. The molecule has 1 aromatic carbocycles. The number of halogens is 1. The zero-order chi connectivity index (χ0) is 17.6. The molecule has 25 heavy (non-hydrogen) atoms. The SMILES string of the molecule is C[N+](=O)c1ccc(C(=O)CC2CCCc3c2[nH]c2ccc(Br)cc32)o1. The van der Waals surface area contributed by atoms with Crippen molar-refractivity contribution in [3.8, 4) is 0 Å². The number of hydrogen-bond donors (Lipinski definition) is 1. The Hall–Kier alpha value is -2.21. The van der Waals surface area contributed by atoms with Crippen molar-refractivity contribution in [3.05, 3.63) is 56.7 Å². The van der Waals surface area contributed by atoms with Gasteiger partial charge in [-0.05, 0) is 49.1 Å². The summed E-state index contributed by atoms with van der Waals surface area (Å²) in [6.07, 6.45) is 3.46. The van der Waals surface area contributed by atoms with E-state index in [0.29, 0.717) is 11.2 Å². The zero-order valence-corrected chi connectivity index (χ0v) is 15.4. The van der Waals surface area contributed by atoms with Crippen LogP contribution in [0.5, 0.6) is 0 Å². The molecule has 0 amide bonds. The molecule has 0 aliphatic heterocycles. The molecule has 6 heteroatoms. The van der Waals surface area contributed by atoms with Crippen LogP contribution in [0.2, 0.25) is 0 Å². The van der Waals surface area contributed by atoms with Gasteiger partial charge in [0.1, 0.15) is 0 Å². The number of ketones is 1. The van der Waals surface area contributed by atoms with Crippen LogP contribution in [0.1, 0.15) is 47.0 Å². The lowest BCUT2D eigenvalue weighted by molar-refractivity contribution is -0.444. The molecule has 2 aromatic heterocycles. The van der Waals surface area contributed by atoms with Gasteiger partial charge in [-0.15, -0.1) is 0 Å². The van der Waals surface area contributed by atoms with Crippen molar-refractivity contribution in [3.63, 3.8) is 0 Å². The van der Waals surface area contributed by atoms with E-state index in [4.69, 9.17) is 4.42 Å². The number of rotatable bonds is 4. The van der Waals surface area contributed by atoms with Crippen LogP contribution >= 0.6 is 15.9 Å². The van der Waals surface area contributed by atoms with Gasteiger partial charge in [0.25, 0.3) is 0 Å². The second-order valence-electron chi connectivity index (χ2n) is 6.56. The molecule has 1 N–H and O–H groups in total. The first-order valence-corrected chi connectivity index (χ1v) is 9.16. The average molecular weight is 402 g/mol. The number of carbonyl (C=O) groups excluding carboxylic acids is 1. The Kier molecular flexibility index (Phi) is 4.07. The lowest BCUT2D eigenvalue weighted by atomic mass is 9.83. The highest BCUT2D eigenvalue weighted by molar-refractivity contribution is 9.10. The quantitative estimate of drug-likeness (QED) is 0.479. The van der Waals surface area contributed by atoms with Crippen molar-refractivity contribution >= 4 is 38.5 Å². The number of aromatic nitrogens is 1. The number of carbonyl (C=O) groups is 1. The number of nitrogens with one attached hydrogen (secondary N) is 1. The number of Topliss-reactive ketones (excluding diaryl/α,β-unsaturated/α-hetero) is 1. The van der Waals surface area contributed by atoms with E-state index in [9.17, 15) is 9.70 Å². The predicted molar refractivity (Wildman–Crippen MR) is 98.5 cm³/mol. The molecule has 0 saturated heterocycles. The minimum atomic E-state index is -0.0641. The highest BCUT2D eigenvalue weighted by Crippen LogP contribution is 2.39. The van der Waals surface area contributed by atoms with Gasteiger partial charge in [-0.1, -0.05) is 15.9 Å². The van der Waals surface area contributed by atoms with Gasteiger partial charge in [0.2, 0.25) is 0 Å². The molecule has 1 aliphatic carbocycles. The third-order valence-corrected chi connectivity index (χ3v) is 5.39. The Morgan fingerprint density at radius 3 is 2.96 bits per heavy atom. The van der Waals surface area contributed by atoms with E-state index in [2.05, 4.69) is 33.0 Å². The summed E-state index contributed by atoms with van der Waals surface area (Å²) in [5.41, 5.74) is 3.60. The third kappa shape index (κ3) is 2.95. The van der Waals surface area contributed by atoms with Crippen LogP contribution in [0, 0.1) is 4.91 Å². The minimum absolute atomic E-state index is 0.0641. The number of furan rings is 1. The maximum absolute atomic E-state index is 12.6. The Morgan fingerprint density at radius 1 is 1.36 bits per heavy atom. The summed E-state index contributed by atoms with van der Waals surface area (Å²) in [7, 11) is 1.35. The first kappa shape index (κ1) is 16.3. The first-order valence-electron chi connectivity index (χ1n) is 8.37. The number of H-pyrrole nitrogens is 1. The molecular formula is C19H18BrN2O3+. The fourth-order valence-corrected chi connectivity index (χ4v) is 4.06. The van der Waals surface area contributed by atoms with E-state index in [1.807, 2.05) is 6.07 Å². The molecule has 1 atom stereocenters. The number of fused-ring (bicyclic) bond motifs is 3. The van der Waals surface area contributed by atoms with Crippen LogP contribution in [0.25, 0.3) is 10.9 Å². The predicted octanol–water partition coefficient (Wildman–Crippen LogP) is 5.26. The number of aromatic amines is 1. The van der Waals surface area contributed by atoms with Crippen LogP contribution in [-0.4, -0.2) is 22.6 Å². The molecule has 3 aromatic rings. The van der Waals surface area contributed by atoms with E-state index in [-0.39, 0.29) is 23.3 Å². The van der Waals surface area contributed by atoms with Crippen LogP contribution in [-0.2, 0) is 6.42 Å². The molecule has 5 nitrogen and oxygen atoms in total. The van der Waals surface area contributed by atoms with Crippen LogP contribution in [0.3, 0.4) is 0 Å². The Labute approximate surface area is 153 Å². The smallest absolute Gasteiger partial charge is 0.398 e. The lowest BCUT2D eigenvalue weighted by Gasteiger charge is -2.21. The summed E-state index contributed by atoms with van der Waals surface area (Å²) in [5, 5.41) is 1.23. The Morgan fingerprint density at radius 2 is 2.20 bits per heavy atom. The molecule has 0 radical (unpaired) electrons. The molecule has 1 aliphatic rings. The fraction of sp³-hybridized carbons (Fsp3) is 0.316. The molecule has 128 valence electrons. The van der Waals surface area contributed by atoms with E-state index in [0.717, 1.165) is 29.3 Å².